The van der Waals surface area contributed by atoms with Gasteiger partial charge in [-0.1, -0.05) is 0 Å². The average molecular weight is 209 g/mol. The van der Waals surface area contributed by atoms with Gasteiger partial charge in [0, 0.05) is 0 Å². The molecule has 1 rings (SSSR count). The molecule has 0 aromatic rings. The van der Waals surface area contributed by atoms with E-state index < -0.39 is 17.9 Å². The zero-order valence-corrected chi connectivity index (χ0v) is 7.34. The molecule has 0 spiro atoms. The van der Waals surface area contributed by atoms with Crippen LogP contribution in [-0.2, 0) is 0 Å². The molecule has 14 heavy (non-hydrogen) atoms. The molecular weight excluding hydrogens is 199 g/mol. The smallest absolute Gasteiger partial charge is 0.370 e. The lowest BCUT2D eigenvalue weighted by Crippen LogP contribution is -2.64. The highest BCUT2D eigenvalue weighted by molar-refractivity contribution is 5.87. The van der Waals surface area contributed by atoms with E-state index in [0.29, 0.717) is 0 Å². The number of guanidine groups is 1. The van der Waals surface area contributed by atoms with Crippen LogP contribution in [0.3, 0.4) is 0 Å². The third-order valence-electron chi connectivity index (χ3n) is 1.95. The number of rotatable bonds is 1. The molecule has 0 saturated carbocycles. The van der Waals surface area contributed by atoms with Crippen molar-refractivity contribution in [3.63, 3.8) is 0 Å². The first-order chi connectivity index (χ1) is 6.26. The molecule has 1 aliphatic rings. The van der Waals surface area contributed by atoms with Crippen LogP contribution in [0.2, 0.25) is 0 Å². The summed E-state index contributed by atoms with van der Waals surface area (Å²) in [6.07, 6.45) is -3.54. The Bertz CT molecular complexity index is 284. The zero-order chi connectivity index (χ0) is 11.0. The fourth-order valence-electron chi connectivity index (χ4n) is 0.926. The minimum atomic E-state index is -4.45. The topological polar surface area (TPSA) is 88.8 Å². The summed E-state index contributed by atoms with van der Waals surface area (Å²) in [6.45, 7) is 0.920. The van der Waals surface area contributed by atoms with Crippen molar-refractivity contribution >= 4 is 12.3 Å². The maximum atomic E-state index is 12.3. The monoisotopic (exact) mass is 209 g/mol. The number of alkyl halides is 3. The van der Waals surface area contributed by atoms with Crippen molar-refractivity contribution in [2.45, 2.75) is 18.9 Å². The molecule has 8 heteroatoms. The van der Waals surface area contributed by atoms with Gasteiger partial charge in [-0.05, 0) is 6.92 Å². The molecule has 0 aliphatic carbocycles. The molecule has 0 aromatic carbocycles. The molecule has 5 N–H and O–H groups in total. The quantitative estimate of drug-likeness (QED) is 0.556. The van der Waals surface area contributed by atoms with Gasteiger partial charge >= 0.3 is 6.18 Å². The Morgan fingerprint density at radius 3 is 2.57 bits per heavy atom. The van der Waals surface area contributed by atoms with Gasteiger partial charge in [0.25, 0.3) is 0 Å². The van der Waals surface area contributed by atoms with Gasteiger partial charge < -0.3 is 11.1 Å². The second-order valence-electron chi connectivity index (χ2n) is 2.97. The largest absolute Gasteiger partial charge is 0.397 e. The summed E-state index contributed by atoms with van der Waals surface area (Å²) in [5.41, 5.74) is 10.6. The van der Waals surface area contributed by atoms with Gasteiger partial charge in [0.1, 0.15) is 12.3 Å². The highest BCUT2D eigenvalue weighted by Crippen LogP contribution is 2.32. The van der Waals surface area contributed by atoms with Crippen LogP contribution >= 0.6 is 0 Å². The van der Waals surface area contributed by atoms with Crippen molar-refractivity contribution < 1.29 is 13.2 Å². The number of halogens is 3. The van der Waals surface area contributed by atoms with Crippen LogP contribution in [0.1, 0.15) is 6.92 Å². The molecule has 0 aromatic heterocycles. The predicted molar refractivity (Wildman–Crippen MR) is 45.4 cm³/mol. The van der Waals surface area contributed by atoms with E-state index in [9.17, 15) is 13.2 Å². The Kier molecular flexibility index (Phi) is 2.40. The fourth-order valence-corrected chi connectivity index (χ4v) is 0.926. The van der Waals surface area contributed by atoms with Crippen LogP contribution in [0, 0.1) is 5.92 Å². The molecule has 0 bridgehead atoms. The first-order valence-electron chi connectivity index (χ1n) is 3.76. The minimum absolute atomic E-state index is 0.182. The van der Waals surface area contributed by atoms with Gasteiger partial charge in [0.15, 0.2) is 11.7 Å². The number of nitrogens with zero attached hydrogens (tertiary/aromatic N) is 2. The van der Waals surface area contributed by atoms with Crippen LogP contribution in [0.15, 0.2) is 9.98 Å². The fraction of sp³-hybridized carbons (Fsp3) is 0.667. The van der Waals surface area contributed by atoms with Crippen molar-refractivity contribution in [2.24, 2.45) is 27.4 Å². The van der Waals surface area contributed by atoms with Crippen LogP contribution in [0.25, 0.3) is 0 Å². The first kappa shape index (κ1) is 10.8. The summed E-state index contributed by atoms with van der Waals surface area (Å²) < 4.78 is 37.0. The number of hydrogen-bond acceptors (Lipinski definition) is 5. The summed E-state index contributed by atoms with van der Waals surface area (Å²) in [5, 5.41) is 2.19. The molecule has 0 saturated heterocycles. The van der Waals surface area contributed by atoms with Crippen molar-refractivity contribution in [3.8, 4) is 0 Å². The van der Waals surface area contributed by atoms with Crippen LogP contribution in [0.4, 0.5) is 13.2 Å². The Morgan fingerprint density at radius 1 is 1.57 bits per heavy atom. The van der Waals surface area contributed by atoms with Gasteiger partial charge in [0.2, 0.25) is 0 Å². The van der Waals surface area contributed by atoms with Gasteiger partial charge in [-0.2, -0.15) is 13.2 Å². The van der Waals surface area contributed by atoms with Gasteiger partial charge in [0.05, 0.1) is 0 Å². The van der Waals surface area contributed by atoms with E-state index >= 15 is 0 Å². The first-order valence-corrected chi connectivity index (χ1v) is 3.76. The maximum Gasteiger partial charge on any atom is 0.397 e. The van der Waals surface area contributed by atoms with E-state index in [-0.39, 0.29) is 5.96 Å². The summed E-state index contributed by atoms with van der Waals surface area (Å²) >= 11 is 0. The van der Waals surface area contributed by atoms with Crippen molar-refractivity contribution in [1.29, 1.82) is 0 Å². The molecule has 80 valence electrons. The highest BCUT2D eigenvalue weighted by Gasteiger charge is 2.49. The lowest BCUT2D eigenvalue weighted by molar-refractivity contribution is -0.188. The molecule has 0 radical (unpaired) electrons. The van der Waals surface area contributed by atoms with E-state index in [4.69, 9.17) is 11.5 Å². The third-order valence-corrected chi connectivity index (χ3v) is 1.95. The lowest BCUT2D eigenvalue weighted by Gasteiger charge is -2.34. The molecule has 1 heterocycles. The van der Waals surface area contributed by atoms with Gasteiger partial charge in [-0.15, -0.1) is 0 Å². The zero-order valence-electron chi connectivity index (χ0n) is 7.34. The molecule has 1 aliphatic heterocycles. The molecule has 0 fully saturated rings. The summed E-state index contributed by atoms with van der Waals surface area (Å²) in [4.78, 5) is 6.87. The van der Waals surface area contributed by atoms with Crippen LogP contribution in [0.5, 0.6) is 0 Å². The normalized spacial score (nSPS) is 29.4. The number of hydrogen-bond donors (Lipinski definition) is 3. The maximum absolute atomic E-state index is 12.3. The van der Waals surface area contributed by atoms with Crippen molar-refractivity contribution in [2.75, 3.05) is 0 Å². The summed E-state index contributed by atoms with van der Waals surface area (Å²) in [6, 6.07) is 0. The van der Waals surface area contributed by atoms with Crippen LogP contribution in [-0.4, -0.2) is 24.3 Å². The van der Waals surface area contributed by atoms with E-state index in [1.54, 1.807) is 0 Å². The number of nitrogens with one attached hydrogen (secondary N) is 1. The van der Waals surface area contributed by atoms with E-state index in [0.717, 1.165) is 13.3 Å². The molecule has 2 atom stereocenters. The second kappa shape index (κ2) is 3.12. The van der Waals surface area contributed by atoms with Gasteiger partial charge in [-0.25, -0.2) is 9.98 Å². The lowest BCUT2D eigenvalue weighted by atomic mass is 10.0. The molecule has 0 amide bonds. The van der Waals surface area contributed by atoms with E-state index in [2.05, 4.69) is 15.3 Å². The Labute approximate surface area is 78.1 Å². The SMILES string of the molecule is CC(C(F)(F)F)C1(N)N=CN=C(N)N1. The standard InChI is InChI=1S/C6H10F3N5/c1-3(5(7,8)9)6(11)13-2-12-4(10)14-6/h2-3H,11H2,1H3,(H3,10,12,13,14). The van der Waals surface area contributed by atoms with Crippen molar-refractivity contribution in [1.82, 2.24) is 5.32 Å². The molecular formula is C6H10F3N5. The van der Waals surface area contributed by atoms with E-state index in [1.165, 1.54) is 0 Å². The van der Waals surface area contributed by atoms with Crippen LogP contribution < -0.4 is 16.8 Å². The highest BCUT2D eigenvalue weighted by atomic mass is 19.4. The number of aliphatic imine (C=N–C) groups is 2. The molecule has 2 unspecified atom stereocenters. The number of nitrogens with two attached hydrogens (primary N) is 2. The Morgan fingerprint density at radius 2 is 2.14 bits per heavy atom. The summed E-state index contributed by atoms with van der Waals surface area (Å²) in [7, 11) is 0. The Hall–Kier alpha value is -1.31. The minimum Gasteiger partial charge on any atom is -0.370 e. The summed E-state index contributed by atoms with van der Waals surface area (Å²) in [5.74, 6) is -4.01. The van der Waals surface area contributed by atoms with Crippen molar-refractivity contribution in [3.05, 3.63) is 0 Å². The third kappa shape index (κ3) is 1.95. The van der Waals surface area contributed by atoms with Gasteiger partial charge in [-0.3, -0.25) is 5.73 Å². The average Bonchev–Trinajstić information content (AvgIpc) is 2.01. The molecule has 5 nitrogen and oxygen atoms in total. The predicted octanol–water partition coefficient (Wildman–Crippen LogP) is -0.256. The Balaban J connectivity index is 2.88. The second-order valence-corrected chi connectivity index (χ2v) is 2.97. The van der Waals surface area contributed by atoms with E-state index in [1.807, 2.05) is 0 Å².